The molecule has 0 atom stereocenters. The highest BCUT2D eigenvalue weighted by molar-refractivity contribution is 7.95. The van der Waals surface area contributed by atoms with E-state index in [1.165, 1.54) is 17.8 Å². The lowest BCUT2D eigenvalue weighted by Gasteiger charge is -2.35. The third-order valence-electron chi connectivity index (χ3n) is 3.77. The third-order valence-corrected chi connectivity index (χ3v) is 4.24. The van der Waals surface area contributed by atoms with Gasteiger partial charge in [-0.15, -0.1) is 0 Å². The molecule has 0 spiro atoms. The van der Waals surface area contributed by atoms with Crippen molar-refractivity contribution >= 4 is 29.7 Å². The Morgan fingerprint density at radius 2 is 2.20 bits per heavy atom. The van der Waals surface area contributed by atoms with Crippen LogP contribution in [0.3, 0.4) is 0 Å². The molecule has 2 aliphatic heterocycles. The van der Waals surface area contributed by atoms with E-state index in [2.05, 4.69) is 38.6 Å². The van der Waals surface area contributed by atoms with E-state index in [1.54, 1.807) is 0 Å². The molecular weight excluding hydrogens is 270 g/mol. The summed E-state index contributed by atoms with van der Waals surface area (Å²) in [5.41, 5.74) is 3.27. The standard InChI is InChI=1S/C14H19N5S/c1-10-2-3-12-13(4-7-16-14(12)17-10)19-8-5-11(6-9-19)18-20-15/h2-4,7,11,18H,1,5-6,8-9,15H2,(H,16,17). The Bertz CT molecular complexity index is 534. The lowest BCUT2D eigenvalue weighted by molar-refractivity contribution is 0.479. The Kier molecular flexibility index (Phi) is 3.95. The summed E-state index contributed by atoms with van der Waals surface area (Å²) in [4.78, 5) is 6.80. The first-order valence-electron chi connectivity index (χ1n) is 6.77. The number of pyridine rings is 1. The van der Waals surface area contributed by atoms with Crippen LogP contribution in [0.2, 0.25) is 0 Å². The Morgan fingerprint density at radius 3 is 2.95 bits per heavy atom. The topological polar surface area (TPSA) is 66.2 Å². The van der Waals surface area contributed by atoms with Gasteiger partial charge >= 0.3 is 0 Å². The van der Waals surface area contributed by atoms with Crippen LogP contribution in [-0.2, 0) is 0 Å². The zero-order valence-corrected chi connectivity index (χ0v) is 12.1. The predicted molar refractivity (Wildman–Crippen MR) is 86.2 cm³/mol. The fourth-order valence-corrected chi connectivity index (χ4v) is 3.14. The lowest BCUT2D eigenvalue weighted by Crippen LogP contribution is -2.41. The van der Waals surface area contributed by atoms with Crippen molar-refractivity contribution in [2.24, 2.45) is 5.14 Å². The van der Waals surface area contributed by atoms with Gasteiger partial charge in [0.1, 0.15) is 5.82 Å². The van der Waals surface area contributed by atoms with Gasteiger partial charge in [0, 0.05) is 54.4 Å². The smallest absolute Gasteiger partial charge is 0.139 e. The van der Waals surface area contributed by atoms with Gasteiger partial charge < -0.3 is 10.2 Å². The second kappa shape index (κ2) is 5.87. The summed E-state index contributed by atoms with van der Waals surface area (Å²) in [6.07, 6.45) is 8.15. The molecule has 4 N–H and O–H groups in total. The van der Waals surface area contributed by atoms with Gasteiger partial charge in [-0.05, 0) is 31.1 Å². The van der Waals surface area contributed by atoms with E-state index in [0.29, 0.717) is 6.04 Å². The van der Waals surface area contributed by atoms with E-state index in [9.17, 15) is 0 Å². The average Bonchev–Trinajstić information content (AvgIpc) is 2.47. The maximum atomic E-state index is 5.47. The summed E-state index contributed by atoms with van der Waals surface area (Å²) in [6.45, 7) is 5.97. The Hall–Kier alpha value is -1.50. The van der Waals surface area contributed by atoms with Crippen molar-refractivity contribution in [1.29, 1.82) is 0 Å². The Balaban J connectivity index is 1.78. The van der Waals surface area contributed by atoms with E-state index in [4.69, 9.17) is 5.14 Å². The van der Waals surface area contributed by atoms with Crippen LogP contribution < -0.4 is 20.1 Å². The molecule has 1 fully saturated rings. The Labute approximate surface area is 123 Å². The van der Waals surface area contributed by atoms with Crippen molar-refractivity contribution in [3.05, 3.63) is 36.2 Å². The summed E-state index contributed by atoms with van der Waals surface area (Å²) in [5.74, 6) is 0.896. The van der Waals surface area contributed by atoms with Crippen LogP contribution in [0.1, 0.15) is 18.4 Å². The number of nitrogens with one attached hydrogen (secondary N) is 2. The highest BCUT2D eigenvalue weighted by Gasteiger charge is 2.22. The summed E-state index contributed by atoms with van der Waals surface area (Å²) in [5, 5.41) is 8.68. The van der Waals surface area contributed by atoms with Gasteiger partial charge in [-0.1, -0.05) is 6.58 Å². The third kappa shape index (κ3) is 2.67. The van der Waals surface area contributed by atoms with Crippen LogP contribution in [0.4, 0.5) is 11.5 Å². The molecule has 3 rings (SSSR count). The van der Waals surface area contributed by atoms with E-state index in [-0.39, 0.29) is 0 Å². The van der Waals surface area contributed by atoms with E-state index in [0.717, 1.165) is 43.0 Å². The van der Waals surface area contributed by atoms with E-state index >= 15 is 0 Å². The molecule has 0 unspecified atom stereocenters. The lowest BCUT2D eigenvalue weighted by atomic mass is 10.0. The number of nitrogens with zero attached hydrogens (tertiary/aromatic N) is 2. The quantitative estimate of drug-likeness (QED) is 0.741. The molecule has 20 heavy (non-hydrogen) atoms. The van der Waals surface area contributed by atoms with Crippen LogP contribution in [0.25, 0.3) is 6.08 Å². The van der Waals surface area contributed by atoms with E-state index in [1.807, 2.05) is 12.3 Å². The molecule has 5 nitrogen and oxygen atoms in total. The molecule has 0 radical (unpaired) electrons. The molecule has 0 amide bonds. The van der Waals surface area contributed by atoms with Gasteiger partial charge in [0.15, 0.2) is 0 Å². The van der Waals surface area contributed by atoms with Gasteiger partial charge in [0.2, 0.25) is 0 Å². The van der Waals surface area contributed by atoms with Crippen LogP contribution in [0.5, 0.6) is 0 Å². The average molecular weight is 289 g/mol. The van der Waals surface area contributed by atoms with Gasteiger partial charge in [0.25, 0.3) is 0 Å². The second-order valence-corrected chi connectivity index (χ2v) is 5.54. The molecule has 1 aromatic heterocycles. The van der Waals surface area contributed by atoms with Crippen molar-refractivity contribution in [3.8, 4) is 0 Å². The second-order valence-electron chi connectivity index (χ2n) is 5.07. The van der Waals surface area contributed by atoms with Gasteiger partial charge in [0.05, 0.1) is 0 Å². The van der Waals surface area contributed by atoms with Gasteiger partial charge in [-0.3, -0.25) is 5.14 Å². The number of rotatable bonds is 3. The van der Waals surface area contributed by atoms with Crippen molar-refractivity contribution in [2.75, 3.05) is 23.3 Å². The first-order chi connectivity index (χ1) is 9.78. The monoisotopic (exact) mass is 289 g/mol. The van der Waals surface area contributed by atoms with Crippen molar-refractivity contribution in [2.45, 2.75) is 18.9 Å². The molecule has 6 heteroatoms. The van der Waals surface area contributed by atoms with Crippen LogP contribution in [0.15, 0.2) is 30.6 Å². The van der Waals surface area contributed by atoms with Crippen molar-refractivity contribution in [3.63, 3.8) is 0 Å². The zero-order valence-electron chi connectivity index (χ0n) is 11.3. The summed E-state index contributed by atoms with van der Waals surface area (Å²) in [7, 11) is 0. The first-order valence-corrected chi connectivity index (χ1v) is 7.65. The highest BCUT2D eigenvalue weighted by Crippen LogP contribution is 2.32. The molecule has 0 aliphatic carbocycles. The Morgan fingerprint density at radius 1 is 1.40 bits per heavy atom. The van der Waals surface area contributed by atoms with Crippen LogP contribution >= 0.6 is 12.1 Å². The first kappa shape index (κ1) is 13.5. The molecule has 3 heterocycles. The minimum Gasteiger partial charge on any atom is -0.371 e. The fourth-order valence-electron chi connectivity index (χ4n) is 2.71. The van der Waals surface area contributed by atoms with Crippen molar-refractivity contribution < 1.29 is 0 Å². The largest absolute Gasteiger partial charge is 0.371 e. The molecule has 0 aromatic carbocycles. The van der Waals surface area contributed by atoms with Crippen molar-refractivity contribution in [1.82, 2.24) is 9.71 Å². The minimum absolute atomic E-state index is 0.507. The normalized spacial score (nSPS) is 18.9. The SMILES string of the molecule is C=C1C=Cc2c(N3CCC(NSN)CC3)ccnc2N1. The number of hydrogen-bond acceptors (Lipinski definition) is 6. The number of anilines is 2. The zero-order chi connectivity index (χ0) is 13.9. The fraction of sp³-hybridized carbons (Fsp3) is 0.357. The molecular formula is C14H19N5S. The summed E-state index contributed by atoms with van der Waals surface area (Å²) >= 11 is 1.22. The summed E-state index contributed by atoms with van der Waals surface area (Å²) in [6, 6.07) is 2.59. The maximum Gasteiger partial charge on any atom is 0.139 e. The molecule has 0 saturated carbocycles. The number of allylic oxidation sites excluding steroid dienone is 1. The van der Waals surface area contributed by atoms with E-state index < -0.39 is 0 Å². The van der Waals surface area contributed by atoms with Gasteiger partial charge in [-0.25, -0.2) is 9.71 Å². The molecule has 106 valence electrons. The number of hydrogen-bond donors (Lipinski definition) is 3. The number of fused-ring (bicyclic) bond motifs is 1. The number of nitrogens with two attached hydrogens (primary N) is 1. The summed E-state index contributed by atoms with van der Waals surface area (Å²) < 4.78 is 3.24. The van der Waals surface area contributed by atoms with Crippen LogP contribution in [-0.4, -0.2) is 24.1 Å². The number of aromatic nitrogens is 1. The number of piperidine rings is 1. The predicted octanol–water partition coefficient (Wildman–Crippen LogP) is 2.11. The molecule has 2 aliphatic rings. The molecule has 1 aromatic rings. The minimum atomic E-state index is 0.507. The molecule has 0 bridgehead atoms. The maximum absolute atomic E-state index is 5.47. The van der Waals surface area contributed by atoms with Gasteiger partial charge in [-0.2, -0.15) is 0 Å². The molecule has 1 saturated heterocycles. The highest BCUT2D eigenvalue weighted by atomic mass is 32.2. The van der Waals surface area contributed by atoms with Crippen LogP contribution in [0, 0.1) is 0 Å².